The van der Waals surface area contributed by atoms with Crippen LogP contribution in [0.5, 0.6) is 0 Å². The van der Waals surface area contributed by atoms with Crippen LogP contribution in [0.4, 0.5) is 0 Å². The fourth-order valence-corrected chi connectivity index (χ4v) is 1.20. The summed E-state index contributed by atoms with van der Waals surface area (Å²) in [5.41, 5.74) is 4.18. The Morgan fingerprint density at radius 3 is 2.57 bits per heavy atom. The molecule has 3 heteroatoms. The van der Waals surface area contributed by atoms with E-state index in [1.165, 1.54) is 0 Å². The van der Waals surface area contributed by atoms with E-state index in [0.29, 0.717) is 0 Å². The zero-order valence-electron chi connectivity index (χ0n) is 8.57. The van der Waals surface area contributed by atoms with Crippen LogP contribution >= 0.6 is 0 Å². The molecule has 0 saturated heterocycles. The van der Waals surface area contributed by atoms with E-state index in [1.54, 1.807) is 0 Å². The van der Waals surface area contributed by atoms with E-state index in [-0.39, 0.29) is 6.17 Å². The molecule has 0 saturated carbocycles. The van der Waals surface area contributed by atoms with E-state index in [2.05, 4.69) is 10.5 Å². The van der Waals surface area contributed by atoms with Gasteiger partial charge < -0.3 is 5.21 Å². The topological polar surface area (TPSA) is 44.6 Å². The second kappa shape index (κ2) is 5.52. The van der Waals surface area contributed by atoms with E-state index in [1.807, 2.05) is 44.2 Å². The summed E-state index contributed by atoms with van der Waals surface area (Å²) in [4.78, 5) is 4.34. The summed E-state index contributed by atoms with van der Waals surface area (Å²) in [7, 11) is 0. The zero-order valence-corrected chi connectivity index (χ0v) is 8.57. The third-order valence-corrected chi connectivity index (χ3v) is 2.08. The van der Waals surface area contributed by atoms with Crippen molar-refractivity contribution in [3.63, 3.8) is 0 Å². The van der Waals surface area contributed by atoms with Gasteiger partial charge in [-0.3, -0.25) is 4.99 Å². The van der Waals surface area contributed by atoms with E-state index in [4.69, 9.17) is 5.21 Å². The highest BCUT2D eigenvalue weighted by Gasteiger charge is 2.02. The molecule has 14 heavy (non-hydrogen) atoms. The molecule has 1 aromatic carbocycles. The molecule has 76 valence electrons. The Morgan fingerprint density at radius 1 is 1.43 bits per heavy atom. The molecule has 0 aliphatic heterocycles. The minimum atomic E-state index is -0.213. The average molecular weight is 192 g/mol. The quantitative estimate of drug-likeness (QED) is 0.567. The van der Waals surface area contributed by atoms with Crippen LogP contribution < -0.4 is 5.48 Å². The third-order valence-electron chi connectivity index (χ3n) is 2.08. The summed E-state index contributed by atoms with van der Waals surface area (Å²) in [6.07, 6.45) is 0.552. The molecule has 0 aliphatic carbocycles. The average Bonchev–Trinajstić information content (AvgIpc) is 2.26. The normalized spacial score (nSPS) is 14.1. The van der Waals surface area contributed by atoms with Gasteiger partial charge in [0.2, 0.25) is 0 Å². The second-order valence-corrected chi connectivity index (χ2v) is 3.13. The lowest BCUT2D eigenvalue weighted by Crippen LogP contribution is -2.23. The largest absolute Gasteiger partial charge is 0.315 e. The Bertz CT molecular complexity index is 291. The summed E-state index contributed by atoms with van der Waals surface area (Å²) < 4.78 is 0. The number of hydrogen-bond acceptors (Lipinski definition) is 3. The number of benzene rings is 1. The first kappa shape index (κ1) is 10.9. The van der Waals surface area contributed by atoms with Gasteiger partial charge in [-0.05, 0) is 18.9 Å². The van der Waals surface area contributed by atoms with E-state index < -0.39 is 0 Å². The maximum absolute atomic E-state index is 8.76. The number of nitrogens with zero attached hydrogens (tertiary/aromatic N) is 1. The first-order valence-electron chi connectivity index (χ1n) is 4.77. The SMILES string of the molecule is CCC(/N=C(\C)c1ccccc1)NO. The first-order chi connectivity index (χ1) is 6.77. The van der Waals surface area contributed by atoms with Crippen LogP contribution in [0.2, 0.25) is 0 Å². The lowest BCUT2D eigenvalue weighted by Gasteiger charge is -2.09. The van der Waals surface area contributed by atoms with E-state index >= 15 is 0 Å². The molecule has 1 rings (SSSR count). The maximum Gasteiger partial charge on any atom is 0.122 e. The highest BCUT2D eigenvalue weighted by atomic mass is 16.5. The summed E-state index contributed by atoms with van der Waals surface area (Å²) >= 11 is 0. The van der Waals surface area contributed by atoms with Crippen molar-refractivity contribution in [1.29, 1.82) is 0 Å². The Hall–Kier alpha value is -1.19. The van der Waals surface area contributed by atoms with Gasteiger partial charge in [0.15, 0.2) is 0 Å². The molecule has 0 bridgehead atoms. The number of hydroxylamine groups is 1. The van der Waals surface area contributed by atoms with Crippen LogP contribution in [0.25, 0.3) is 0 Å². The van der Waals surface area contributed by atoms with Crippen molar-refractivity contribution in [1.82, 2.24) is 5.48 Å². The number of nitrogens with one attached hydrogen (secondary N) is 1. The van der Waals surface area contributed by atoms with Crippen molar-refractivity contribution in [3.8, 4) is 0 Å². The van der Waals surface area contributed by atoms with Gasteiger partial charge in [0.05, 0.1) is 0 Å². The molecule has 0 amide bonds. The molecule has 1 unspecified atom stereocenters. The summed E-state index contributed by atoms with van der Waals surface area (Å²) in [5, 5.41) is 8.76. The molecule has 1 aromatic rings. The minimum absolute atomic E-state index is 0.213. The lowest BCUT2D eigenvalue weighted by atomic mass is 10.1. The van der Waals surface area contributed by atoms with Gasteiger partial charge in [0.25, 0.3) is 0 Å². The maximum atomic E-state index is 8.76. The monoisotopic (exact) mass is 192 g/mol. The number of aliphatic imine (C=N–C) groups is 1. The number of rotatable bonds is 4. The predicted molar refractivity (Wildman–Crippen MR) is 57.7 cm³/mol. The van der Waals surface area contributed by atoms with Crippen molar-refractivity contribution < 1.29 is 5.21 Å². The van der Waals surface area contributed by atoms with Gasteiger partial charge in [-0.2, -0.15) is 5.48 Å². The van der Waals surface area contributed by atoms with Crippen LogP contribution in [0, 0.1) is 0 Å². The number of hydrogen-bond donors (Lipinski definition) is 2. The van der Waals surface area contributed by atoms with Gasteiger partial charge in [-0.15, -0.1) is 0 Å². The highest BCUT2D eigenvalue weighted by molar-refractivity contribution is 5.98. The highest BCUT2D eigenvalue weighted by Crippen LogP contribution is 2.03. The van der Waals surface area contributed by atoms with Gasteiger partial charge in [0, 0.05) is 5.71 Å². The van der Waals surface area contributed by atoms with Crippen LogP contribution in [0.3, 0.4) is 0 Å². The minimum Gasteiger partial charge on any atom is -0.315 e. The Morgan fingerprint density at radius 2 is 2.07 bits per heavy atom. The standard InChI is InChI=1S/C11H16N2O/c1-3-11(13-14)12-9(2)10-7-5-4-6-8-10/h4-8,11,13-14H,3H2,1-2H3/b12-9+. The van der Waals surface area contributed by atoms with E-state index in [9.17, 15) is 0 Å². The molecule has 0 fully saturated rings. The van der Waals surface area contributed by atoms with Gasteiger partial charge in [-0.25, -0.2) is 0 Å². The summed E-state index contributed by atoms with van der Waals surface area (Å²) in [5.74, 6) is 0. The molecule has 1 atom stereocenters. The third kappa shape index (κ3) is 2.94. The molecule has 3 nitrogen and oxygen atoms in total. The van der Waals surface area contributed by atoms with Gasteiger partial charge in [0.1, 0.15) is 6.17 Å². The summed E-state index contributed by atoms with van der Waals surface area (Å²) in [6.45, 7) is 3.91. The molecule has 0 aliphatic rings. The molecule has 0 radical (unpaired) electrons. The second-order valence-electron chi connectivity index (χ2n) is 3.13. The Balaban J connectivity index is 2.78. The molecule has 0 heterocycles. The van der Waals surface area contributed by atoms with Crippen molar-refractivity contribution in [3.05, 3.63) is 35.9 Å². The lowest BCUT2D eigenvalue weighted by molar-refractivity contribution is 0.127. The fraction of sp³-hybridized carbons (Fsp3) is 0.364. The van der Waals surface area contributed by atoms with Gasteiger partial charge >= 0.3 is 0 Å². The summed E-state index contributed by atoms with van der Waals surface area (Å²) in [6, 6.07) is 9.92. The van der Waals surface area contributed by atoms with Crippen molar-refractivity contribution in [2.24, 2.45) is 4.99 Å². The fourth-order valence-electron chi connectivity index (χ4n) is 1.20. The molecular weight excluding hydrogens is 176 g/mol. The Labute approximate surface area is 84.4 Å². The smallest absolute Gasteiger partial charge is 0.122 e. The molecule has 0 aromatic heterocycles. The predicted octanol–water partition coefficient (Wildman–Crippen LogP) is 2.21. The van der Waals surface area contributed by atoms with Crippen LogP contribution in [0.1, 0.15) is 25.8 Å². The Kier molecular flexibility index (Phi) is 4.29. The zero-order chi connectivity index (χ0) is 10.4. The molecular formula is C11H16N2O. The molecule has 0 spiro atoms. The van der Waals surface area contributed by atoms with E-state index in [0.717, 1.165) is 17.7 Å². The van der Waals surface area contributed by atoms with Gasteiger partial charge in [-0.1, -0.05) is 37.3 Å². The molecule has 2 N–H and O–H groups in total. The van der Waals surface area contributed by atoms with Crippen LogP contribution in [-0.4, -0.2) is 17.1 Å². The van der Waals surface area contributed by atoms with Crippen LogP contribution in [0.15, 0.2) is 35.3 Å². The van der Waals surface area contributed by atoms with Crippen molar-refractivity contribution in [2.45, 2.75) is 26.4 Å². The first-order valence-corrected chi connectivity index (χ1v) is 4.77. The van der Waals surface area contributed by atoms with Crippen molar-refractivity contribution >= 4 is 5.71 Å². The van der Waals surface area contributed by atoms with Crippen LogP contribution in [-0.2, 0) is 0 Å². The van der Waals surface area contributed by atoms with Crippen molar-refractivity contribution in [2.75, 3.05) is 0 Å².